The van der Waals surface area contributed by atoms with Crippen LogP contribution in [0.1, 0.15) is 30.5 Å². The molecule has 1 aromatic heterocycles. The van der Waals surface area contributed by atoms with Crippen molar-refractivity contribution in [1.29, 1.82) is 0 Å². The first-order valence-electron chi connectivity index (χ1n) is 11.8. The smallest absolute Gasteiger partial charge is 0.179 e. The summed E-state index contributed by atoms with van der Waals surface area (Å²) in [4.78, 5) is 4.96. The number of aromatic hydroxyl groups is 1. The summed E-state index contributed by atoms with van der Waals surface area (Å²) >= 11 is 0. The van der Waals surface area contributed by atoms with E-state index in [2.05, 4.69) is 86.7 Å². The third kappa shape index (κ3) is 4.79. The van der Waals surface area contributed by atoms with Crippen LogP contribution < -0.4 is 4.90 Å². The highest BCUT2D eigenvalue weighted by Gasteiger charge is 2.29. The lowest BCUT2D eigenvalue weighted by Crippen LogP contribution is -2.56. The number of phenolic OH excluding ortho intramolecular Hbond substituents is 1. The van der Waals surface area contributed by atoms with E-state index in [1.807, 2.05) is 30.3 Å². The molecule has 0 bridgehead atoms. The van der Waals surface area contributed by atoms with Crippen LogP contribution in [0.2, 0.25) is 0 Å². The third-order valence-corrected chi connectivity index (χ3v) is 6.65. The standard InChI is InChI=1S/C27H30N6O/c1-19-17-33(20(2)16-32(19)18-21-8-4-3-5-9-21)24-13-22(14-25(34)15-24)12-23-10-6-7-11-26(23)27-28-30-31-29-27/h3-11,13-15,19-20,34H,12,16-18H2,1-2H3,(H,28,29,30,31)/t19-,20+/m1/s1. The molecule has 4 aromatic rings. The summed E-state index contributed by atoms with van der Waals surface area (Å²) in [6, 6.07) is 25.4. The van der Waals surface area contributed by atoms with Gasteiger partial charge in [-0.05, 0) is 59.5 Å². The molecule has 7 nitrogen and oxygen atoms in total. The minimum atomic E-state index is 0.290. The number of phenols is 1. The number of benzene rings is 3. The Kier molecular flexibility index (Phi) is 6.27. The maximum absolute atomic E-state index is 10.6. The highest BCUT2D eigenvalue weighted by molar-refractivity contribution is 5.61. The molecule has 2 N–H and O–H groups in total. The molecule has 0 aliphatic carbocycles. The van der Waals surface area contributed by atoms with Crippen molar-refractivity contribution in [2.75, 3.05) is 18.0 Å². The van der Waals surface area contributed by atoms with Gasteiger partial charge in [-0.3, -0.25) is 4.90 Å². The van der Waals surface area contributed by atoms with Gasteiger partial charge in [0.05, 0.1) is 0 Å². The Bertz CT molecular complexity index is 1230. The summed E-state index contributed by atoms with van der Waals surface area (Å²) in [6.07, 6.45) is 0.677. The monoisotopic (exact) mass is 454 g/mol. The lowest BCUT2D eigenvalue weighted by Gasteiger charge is -2.45. The normalized spacial score (nSPS) is 18.8. The molecule has 1 fully saturated rings. The van der Waals surface area contributed by atoms with E-state index in [1.54, 1.807) is 0 Å². The highest BCUT2D eigenvalue weighted by atomic mass is 16.3. The van der Waals surface area contributed by atoms with Crippen LogP contribution in [0.5, 0.6) is 5.75 Å². The molecule has 0 unspecified atom stereocenters. The van der Waals surface area contributed by atoms with E-state index in [0.29, 0.717) is 24.3 Å². The molecule has 0 radical (unpaired) electrons. The van der Waals surface area contributed by atoms with Gasteiger partial charge in [-0.25, -0.2) is 5.10 Å². The number of H-pyrrole nitrogens is 1. The van der Waals surface area contributed by atoms with Crippen molar-refractivity contribution in [3.05, 3.63) is 89.5 Å². The first kappa shape index (κ1) is 22.1. The fraction of sp³-hybridized carbons (Fsp3) is 0.296. The van der Waals surface area contributed by atoms with Gasteiger partial charge in [0.25, 0.3) is 0 Å². The van der Waals surface area contributed by atoms with Crippen LogP contribution in [0.15, 0.2) is 72.8 Å². The maximum atomic E-state index is 10.6. The number of hydrogen-bond acceptors (Lipinski definition) is 6. The maximum Gasteiger partial charge on any atom is 0.179 e. The number of tetrazole rings is 1. The average molecular weight is 455 g/mol. The first-order chi connectivity index (χ1) is 16.6. The second-order valence-corrected chi connectivity index (χ2v) is 9.21. The zero-order chi connectivity index (χ0) is 23.5. The fourth-order valence-corrected chi connectivity index (χ4v) is 4.92. The summed E-state index contributed by atoms with van der Waals surface area (Å²) in [6.45, 7) is 7.39. The van der Waals surface area contributed by atoms with Gasteiger partial charge in [0.1, 0.15) is 5.75 Å². The molecule has 34 heavy (non-hydrogen) atoms. The van der Waals surface area contributed by atoms with E-state index in [1.165, 1.54) is 5.56 Å². The number of anilines is 1. The highest BCUT2D eigenvalue weighted by Crippen LogP contribution is 2.31. The Morgan fingerprint density at radius 3 is 2.50 bits per heavy atom. The van der Waals surface area contributed by atoms with Crippen molar-refractivity contribution < 1.29 is 5.11 Å². The molecule has 174 valence electrons. The Balaban J connectivity index is 1.36. The number of aromatic amines is 1. The van der Waals surface area contributed by atoms with Gasteiger partial charge >= 0.3 is 0 Å². The number of piperazine rings is 1. The molecule has 0 amide bonds. The van der Waals surface area contributed by atoms with Gasteiger partial charge < -0.3 is 10.0 Å². The van der Waals surface area contributed by atoms with Gasteiger partial charge in [0.15, 0.2) is 5.82 Å². The lowest BCUT2D eigenvalue weighted by molar-refractivity contribution is 0.158. The Labute approximate surface area is 200 Å². The van der Waals surface area contributed by atoms with Gasteiger partial charge in [-0.15, -0.1) is 5.10 Å². The van der Waals surface area contributed by atoms with Gasteiger partial charge in [0, 0.05) is 49.0 Å². The van der Waals surface area contributed by atoms with Crippen molar-refractivity contribution >= 4 is 5.69 Å². The summed E-state index contributed by atoms with van der Waals surface area (Å²) in [5.74, 6) is 0.936. The summed E-state index contributed by atoms with van der Waals surface area (Å²) in [5.41, 5.74) is 5.53. The summed E-state index contributed by atoms with van der Waals surface area (Å²) in [7, 11) is 0. The number of nitrogens with zero attached hydrogens (tertiary/aromatic N) is 5. The molecular weight excluding hydrogens is 424 g/mol. The third-order valence-electron chi connectivity index (χ3n) is 6.65. The van der Waals surface area contributed by atoms with Crippen LogP contribution in [-0.4, -0.2) is 55.8 Å². The molecule has 0 spiro atoms. The molecular formula is C27H30N6O. The zero-order valence-electron chi connectivity index (χ0n) is 19.6. The van der Waals surface area contributed by atoms with Gasteiger partial charge in [0.2, 0.25) is 0 Å². The average Bonchev–Trinajstić information content (AvgIpc) is 3.37. The predicted octanol–water partition coefficient (Wildman–Crippen LogP) is 4.26. The molecule has 3 aromatic carbocycles. The molecule has 1 aliphatic heterocycles. The molecule has 7 heteroatoms. The topological polar surface area (TPSA) is 81.2 Å². The SMILES string of the molecule is C[C@@H]1CN(c2cc(O)cc(Cc3ccccc3-c3nnn[nH]3)c2)[C@@H](C)CN1Cc1ccccc1. The van der Waals surface area contributed by atoms with E-state index in [-0.39, 0.29) is 5.75 Å². The lowest BCUT2D eigenvalue weighted by atomic mass is 9.98. The van der Waals surface area contributed by atoms with Gasteiger partial charge in [-0.2, -0.15) is 0 Å². The molecule has 1 saturated heterocycles. The molecule has 1 aliphatic rings. The van der Waals surface area contributed by atoms with Crippen molar-refractivity contribution in [3.8, 4) is 17.1 Å². The van der Waals surface area contributed by atoms with Gasteiger partial charge in [-0.1, -0.05) is 54.6 Å². The predicted molar refractivity (Wildman–Crippen MR) is 134 cm³/mol. The van der Waals surface area contributed by atoms with Crippen molar-refractivity contribution in [2.45, 2.75) is 38.9 Å². The second-order valence-electron chi connectivity index (χ2n) is 9.21. The van der Waals surface area contributed by atoms with E-state index in [0.717, 1.165) is 42.0 Å². The Morgan fingerprint density at radius 2 is 1.71 bits per heavy atom. The largest absolute Gasteiger partial charge is 0.508 e. The quantitative estimate of drug-likeness (QED) is 0.453. The molecule has 2 heterocycles. The first-order valence-corrected chi connectivity index (χ1v) is 11.8. The molecule has 0 saturated carbocycles. The van der Waals surface area contributed by atoms with Crippen molar-refractivity contribution in [1.82, 2.24) is 25.5 Å². The minimum absolute atomic E-state index is 0.290. The Morgan fingerprint density at radius 1 is 0.912 bits per heavy atom. The fourth-order valence-electron chi connectivity index (χ4n) is 4.92. The zero-order valence-corrected chi connectivity index (χ0v) is 19.6. The van der Waals surface area contributed by atoms with E-state index in [9.17, 15) is 5.11 Å². The summed E-state index contributed by atoms with van der Waals surface area (Å²) in [5, 5.41) is 24.9. The van der Waals surface area contributed by atoms with Crippen LogP contribution >= 0.6 is 0 Å². The number of hydrogen-bond donors (Lipinski definition) is 2. The number of aromatic nitrogens is 4. The van der Waals surface area contributed by atoms with E-state index >= 15 is 0 Å². The van der Waals surface area contributed by atoms with E-state index in [4.69, 9.17) is 0 Å². The Hall–Kier alpha value is -3.71. The van der Waals surface area contributed by atoms with Crippen LogP contribution in [0, 0.1) is 0 Å². The summed E-state index contributed by atoms with van der Waals surface area (Å²) < 4.78 is 0. The molecule has 5 rings (SSSR count). The van der Waals surface area contributed by atoms with Crippen LogP contribution in [0.25, 0.3) is 11.4 Å². The second kappa shape index (κ2) is 9.65. The minimum Gasteiger partial charge on any atom is -0.508 e. The van der Waals surface area contributed by atoms with Crippen molar-refractivity contribution in [3.63, 3.8) is 0 Å². The van der Waals surface area contributed by atoms with E-state index < -0.39 is 0 Å². The van der Waals surface area contributed by atoms with Crippen molar-refractivity contribution in [2.24, 2.45) is 0 Å². The van der Waals surface area contributed by atoms with Crippen LogP contribution in [0.3, 0.4) is 0 Å². The molecule has 2 atom stereocenters. The van der Waals surface area contributed by atoms with Crippen LogP contribution in [-0.2, 0) is 13.0 Å². The van der Waals surface area contributed by atoms with Crippen LogP contribution in [0.4, 0.5) is 5.69 Å². The number of nitrogens with one attached hydrogen (secondary N) is 1. The number of rotatable bonds is 6.